The van der Waals surface area contributed by atoms with Crippen LogP contribution in [0.15, 0.2) is 53.6 Å². The molecule has 0 bridgehead atoms. The Morgan fingerprint density at radius 3 is 2.86 bits per heavy atom. The van der Waals surface area contributed by atoms with Crippen LogP contribution < -0.4 is 15.9 Å². The molecule has 0 saturated heterocycles. The van der Waals surface area contributed by atoms with E-state index in [1.807, 2.05) is 49.4 Å². The third kappa shape index (κ3) is 4.65. The molecule has 0 atom stereocenters. The molecule has 0 heterocycles. The number of nitrogens with two attached hydrogens (primary N) is 1. The highest BCUT2D eigenvalue weighted by atomic mass is 16.5. The molecule has 2 rings (SSSR count). The SMILES string of the molecule is Cc1cccc(COc2ccccc2C=NNC(N)=O)c1. The molecule has 0 aliphatic heterocycles. The third-order valence-electron chi connectivity index (χ3n) is 2.77. The molecule has 0 spiro atoms. The Morgan fingerprint density at radius 2 is 2.10 bits per heavy atom. The molecule has 0 fully saturated rings. The van der Waals surface area contributed by atoms with Gasteiger partial charge in [0.1, 0.15) is 12.4 Å². The first kappa shape index (κ1) is 14.6. The van der Waals surface area contributed by atoms with Crippen molar-refractivity contribution in [3.05, 3.63) is 65.2 Å². The van der Waals surface area contributed by atoms with Crippen LogP contribution in [0.5, 0.6) is 5.75 Å². The zero-order valence-electron chi connectivity index (χ0n) is 11.7. The summed E-state index contributed by atoms with van der Waals surface area (Å²) in [4.78, 5) is 10.6. The van der Waals surface area contributed by atoms with Gasteiger partial charge in [0, 0.05) is 5.56 Å². The molecule has 21 heavy (non-hydrogen) atoms. The van der Waals surface area contributed by atoms with Crippen molar-refractivity contribution in [2.45, 2.75) is 13.5 Å². The summed E-state index contributed by atoms with van der Waals surface area (Å²) in [6.07, 6.45) is 1.50. The standard InChI is InChI=1S/C16H17N3O2/c1-12-5-4-6-13(9-12)11-21-15-8-3-2-7-14(15)10-18-19-16(17)20/h2-10H,11H2,1H3,(H3,17,19,20). The summed E-state index contributed by atoms with van der Waals surface area (Å²) in [5, 5.41) is 3.74. The third-order valence-corrected chi connectivity index (χ3v) is 2.77. The number of aryl methyl sites for hydroxylation is 1. The highest BCUT2D eigenvalue weighted by Gasteiger charge is 2.01. The first-order chi connectivity index (χ1) is 10.1. The van der Waals surface area contributed by atoms with Crippen LogP contribution in [0.1, 0.15) is 16.7 Å². The summed E-state index contributed by atoms with van der Waals surface area (Å²) in [5.41, 5.74) is 10.2. The Kier molecular flexibility index (Phi) is 4.93. The predicted octanol–water partition coefficient (Wildman–Crippen LogP) is 2.58. The minimum atomic E-state index is -0.704. The second-order valence-corrected chi connectivity index (χ2v) is 4.55. The number of rotatable bonds is 5. The van der Waals surface area contributed by atoms with Gasteiger partial charge in [-0.3, -0.25) is 0 Å². The van der Waals surface area contributed by atoms with Crippen LogP contribution in [-0.2, 0) is 6.61 Å². The van der Waals surface area contributed by atoms with E-state index < -0.39 is 6.03 Å². The van der Waals surface area contributed by atoms with Gasteiger partial charge in [-0.1, -0.05) is 42.0 Å². The van der Waals surface area contributed by atoms with Crippen LogP contribution >= 0.6 is 0 Å². The summed E-state index contributed by atoms with van der Waals surface area (Å²) in [6, 6.07) is 14.9. The van der Waals surface area contributed by atoms with Gasteiger partial charge >= 0.3 is 6.03 Å². The lowest BCUT2D eigenvalue weighted by atomic mass is 10.1. The summed E-state index contributed by atoms with van der Waals surface area (Å²) in [5.74, 6) is 0.689. The Labute approximate surface area is 123 Å². The molecule has 5 nitrogen and oxygen atoms in total. The molecule has 3 N–H and O–H groups in total. The van der Waals surface area contributed by atoms with Crippen LogP contribution in [0.2, 0.25) is 0 Å². The number of hydrazone groups is 1. The van der Waals surface area contributed by atoms with Crippen molar-refractivity contribution in [3.8, 4) is 5.75 Å². The van der Waals surface area contributed by atoms with E-state index in [-0.39, 0.29) is 0 Å². The van der Waals surface area contributed by atoms with Crippen LogP contribution in [0.4, 0.5) is 4.79 Å². The van der Waals surface area contributed by atoms with E-state index in [0.29, 0.717) is 12.4 Å². The minimum absolute atomic E-state index is 0.468. The number of nitrogens with one attached hydrogen (secondary N) is 1. The number of hydrogen-bond acceptors (Lipinski definition) is 3. The minimum Gasteiger partial charge on any atom is -0.488 e. The first-order valence-electron chi connectivity index (χ1n) is 6.51. The lowest BCUT2D eigenvalue weighted by Crippen LogP contribution is -2.24. The van der Waals surface area contributed by atoms with Crippen LogP contribution in [-0.4, -0.2) is 12.2 Å². The summed E-state index contributed by atoms with van der Waals surface area (Å²) < 4.78 is 5.80. The molecule has 2 amide bonds. The van der Waals surface area contributed by atoms with E-state index in [0.717, 1.165) is 11.1 Å². The Morgan fingerprint density at radius 1 is 1.29 bits per heavy atom. The highest BCUT2D eigenvalue weighted by Crippen LogP contribution is 2.17. The zero-order valence-corrected chi connectivity index (χ0v) is 11.7. The van der Waals surface area contributed by atoms with E-state index in [4.69, 9.17) is 10.5 Å². The normalized spacial score (nSPS) is 10.5. The molecule has 2 aromatic carbocycles. The average molecular weight is 283 g/mol. The molecule has 0 unspecified atom stereocenters. The number of primary amides is 1. The number of urea groups is 1. The summed E-state index contributed by atoms with van der Waals surface area (Å²) in [6.45, 7) is 2.51. The lowest BCUT2D eigenvalue weighted by Gasteiger charge is -2.09. The number of nitrogens with zero attached hydrogens (tertiary/aromatic N) is 1. The van der Waals surface area contributed by atoms with Gasteiger partial charge < -0.3 is 10.5 Å². The number of amides is 2. The maximum absolute atomic E-state index is 10.6. The van der Waals surface area contributed by atoms with Crippen LogP contribution in [0, 0.1) is 6.92 Å². The van der Waals surface area contributed by atoms with Crippen molar-refractivity contribution in [1.29, 1.82) is 0 Å². The summed E-state index contributed by atoms with van der Waals surface area (Å²) in [7, 11) is 0. The van der Waals surface area contributed by atoms with Gasteiger partial charge in [0.2, 0.25) is 0 Å². The second-order valence-electron chi connectivity index (χ2n) is 4.55. The van der Waals surface area contributed by atoms with Gasteiger partial charge in [0.15, 0.2) is 0 Å². The Hall–Kier alpha value is -2.82. The van der Waals surface area contributed by atoms with Crippen molar-refractivity contribution in [3.63, 3.8) is 0 Å². The van der Waals surface area contributed by atoms with Crippen LogP contribution in [0.3, 0.4) is 0 Å². The van der Waals surface area contributed by atoms with Gasteiger partial charge in [-0.15, -0.1) is 0 Å². The molecule has 0 aromatic heterocycles. The largest absolute Gasteiger partial charge is 0.488 e. The van der Waals surface area contributed by atoms with E-state index in [2.05, 4.69) is 16.6 Å². The van der Waals surface area contributed by atoms with Crippen molar-refractivity contribution >= 4 is 12.2 Å². The van der Waals surface area contributed by atoms with Crippen molar-refractivity contribution in [1.82, 2.24) is 5.43 Å². The number of para-hydroxylation sites is 1. The van der Waals surface area contributed by atoms with Crippen LogP contribution in [0.25, 0.3) is 0 Å². The highest BCUT2D eigenvalue weighted by molar-refractivity contribution is 5.84. The van der Waals surface area contributed by atoms with Crippen molar-refractivity contribution in [2.24, 2.45) is 10.8 Å². The summed E-state index contributed by atoms with van der Waals surface area (Å²) >= 11 is 0. The average Bonchev–Trinajstić information content (AvgIpc) is 2.46. The fraction of sp³-hybridized carbons (Fsp3) is 0.125. The number of benzene rings is 2. The maximum Gasteiger partial charge on any atom is 0.332 e. The van der Waals surface area contributed by atoms with Crippen molar-refractivity contribution < 1.29 is 9.53 Å². The van der Waals surface area contributed by atoms with E-state index in [1.54, 1.807) is 0 Å². The Bertz CT molecular complexity index is 653. The van der Waals surface area contributed by atoms with Gasteiger partial charge in [-0.25, -0.2) is 10.2 Å². The molecule has 108 valence electrons. The van der Waals surface area contributed by atoms with E-state index >= 15 is 0 Å². The number of carbonyl (C=O) groups excluding carboxylic acids is 1. The molecular formula is C16H17N3O2. The fourth-order valence-corrected chi connectivity index (χ4v) is 1.85. The molecule has 5 heteroatoms. The quantitative estimate of drug-likeness (QED) is 0.653. The number of hydrogen-bond donors (Lipinski definition) is 2. The van der Waals surface area contributed by atoms with Gasteiger partial charge in [0.05, 0.1) is 6.21 Å². The van der Waals surface area contributed by atoms with Gasteiger partial charge in [0.25, 0.3) is 0 Å². The molecular weight excluding hydrogens is 266 g/mol. The van der Waals surface area contributed by atoms with E-state index in [9.17, 15) is 4.79 Å². The monoisotopic (exact) mass is 283 g/mol. The van der Waals surface area contributed by atoms with E-state index in [1.165, 1.54) is 11.8 Å². The van der Waals surface area contributed by atoms with Gasteiger partial charge in [-0.2, -0.15) is 5.10 Å². The molecule has 2 aromatic rings. The predicted molar refractivity (Wildman–Crippen MR) is 82.3 cm³/mol. The maximum atomic E-state index is 10.6. The first-order valence-corrected chi connectivity index (χ1v) is 6.51. The topological polar surface area (TPSA) is 76.7 Å². The number of ether oxygens (including phenoxy) is 1. The molecule has 0 aliphatic carbocycles. The number of carbonyl (C=O) groups is 1. The Balaban J connectivity index is 2.06. The fourth-order valence-electron chi connectivity index (χ4n) is 1.85. The molecule has 0 radical (unpaired) electrons. The lowest BCUT2D eigenvalue weighted by molar-refractivity contribution is 0.249. The van der Waals surface area contributed by atoms with Gasteiger partial charge in [-0.05, 0) is 24.6 Å². The van der Waals surface area contributed by atoms with Crippen molar-refractivity contribution in [2.75, 3.05) is 0 Å². The molecule has 0 aliphatic rings. The zero-order chi connectivity index (χ0) is 15.1. The smallest absolute Gasteiger partial charge is 0.332 e. The molecule has 0 saturated carbocycles. The second kappa shape index (κ2) is 7.09.